The Morgan fingerprint density at radius 1 is 1.29 bits per heavy atom. The molecular formula is C13H16F4N2S2. The summed E-state index contributed by atoms with van der Waals surface area (Å²) in [5.74, 6) is 6.27. The molecule has 1 heterocycles. The van der Waals surface area contributed by atoms with E-state index in [2.05, 4.69) is 5.43 Å². The summed E-state index contributed by atoms with van der Waals surface area (Å²) in [5, 5.41) is 0.375. The van der Waals surface area contributed by atoms with E-state index in [1.165, 1.54) is 6.07 Å². The monoisotopic (exact) mass is 340 g/mol. The number of rotatable bonds is 3. The van der Waals surface area contributed by atoms with Crippen molar-refractivity contribution in [3.63, 3.8) is 0 Å². The van der Waals surface area contributed by atoms with Gasteiger partial charge in [-0.25, -0.2) is 4.39 Å². The molecule has 0 spiro atoms. The summed E-state index contributed by atoms with van der Waals surface area (Å²) in [6.45, 7) is 2.05. The number of nitrogens with one attached hydrogen (secondary N) is 1. The molecule has 1 aromatic rings. The predicted octanol–water partition coefficient (Wildman–Crippen LogP) is 3.59. The fourth-order valence-electron chi connectivity index (χ4n) is 2.35. The van der Waals surface area contributed by atoms with Crippen LogP contribution in [0.5, 0.6) is 0 Å². The van der Waals surface area contributed by atoms with Crippen LogP contribution in [0.2, 0.25) is 0 Å². The molecule has 8 heteroatoms. The van der Waals surface area contributed by atoms with Crippen LogP contribution in [0.25, 0.3) is 0 Å². The Balaban J connectivity index is 2.28. The van der Waals surface area contributed by atoms with Crippen LogP contribution < -0.4 is 11.3 Å². The molecule has 1 aliphatic heterocycles. The average molecular weight is 340 g/mol. The molecule has 1 aliphatic rings. The van der Waals surface area contributed by atoms with Crippen molar-refractivity contribution in [1.29, 1.82) is 0 Å². The zero-order valence-corrected chi connectivity index (χ0v) is 12.9. The van der Waals surface area contributed by atoms with E-state index in [1.807, 2.05) is 6.92 Å². The van der Waals surface area contributed by atoms with Gasteiger partial charge < -0.3 is 0 Å². The molecule has 0 saturated carbocycles. The number of nitrogens with two attached hydrogens (primary N) is 1. The Hall–Kier alpha value is -0.440. The summed E-state index contributed by atoms with van der Waals surface area (Å²) in [6.07, 6.45) is -4.68. The second kappa shape index (κ2) is 6.76. The number of thioether (sulfide) groups is 2. The molecule has 118 valence electrons. The van der Waals surface area contributed by atoms with Crippen LogP contribution in [0, 0.1) is 5.82 Å². The van der Waals surface area contributed by atoms with Crippen molar-refractivity contribution in [1.82, 2.24) is 5.43 Å². The maximum atomic E-state index is 13.7. The van der Waals surface area contributed by atoms with Crippen LogP contribution in [-0.2, 0) is 6.18 Å². The molecule has 3 atom stereocenters. The molecule has 2 nitrogen and oxygen atoms in total. The SMILES string of the molecule is CC1SCCSC1C(NN)c1ccc(C(F)(F)F)c(F)c1. The molecule has 0 radical (unpaired) electrons. The van der Waals surface area contributed by atoms with Crippen LogP contribution in [0.4, 0.5) is 17.6 Å². The first-order valence-corrected chi connectivity index (χ1v) is 8.50. The van der Waals surface area contributed by atoms with Crippen LogP contribution in [-0.4, -0.2) is 22.0 Å². The summed E-state index contributed by atoms with van der Waals surface area (Å²) >= 11 is 3.49. The van der Waals surface area contributed by atoms with E-state index in [0.717, 1.165) is 23.6 Å². The Labute approximate surface area is 129 Å². The van der Waals surface area contributed by atoms with Gasteiger partial charge in [0.15, 0.2) is 0 Å². The number of hydrogen-bond acceptors (Lipinski definition) is 4. The van der Waals surface area contributed by atoms with Gasteiger partial charge in [-0.2, -0.15) is 36.7 Å². The van der Waals surface area contributed by atoms with Crippen molar-refractivity contribution in [3.8, 4) is 0 Å². The van der Waals surface area contributed by atoms with Gasteiger partial charge in [-0.15, -0.1) is 0 Å². The molecule has 0 aromatic heterocycles. The van der Waals surface area contributed by atoms with Gasteiger partial charge in [0, 0.05) is 22.0 Å². The number of alkyl halides is 3. The molecule has 3 N–H and O–H groups in total. The zero-order valence-electron chi connectivity index (χ0n) is 11.3. The molecule has 0 aliphatic carbocycles. The second-order valence-electron chi connectivity index (χ2n) is 4.79. The van der Waals surface area contributed by atoms with Gasteiger partial charge in [-0.1, -0.05) is 13.0 Å². The van der Waals surface area contributed by atoms with Crippen molar-refractivity contribution in [2.75, 3.05) is 11.5 Å². The van der Waals surface area contributed by atoms with E-state index < -0.39 is 17.6 Å². The average Bonchev–Trinajstić information content (AvgIpc) is 2.40. The van der Waals surface area contributed by atoms with Gasteiger partial charge in [0.05, 0.1) is 11.6 Å². The van der Waals surface area contributed by atoms with Crippen LogP contribution in [0.15, 0.2) is 18.2 Å². The Morgan fingerprint density at radius 2 is 1.95 bits per heavy atom. The largest absolute Gasteiger partial charge is 0.419 e. The maximum Gasteiger partial charge on any atom is 0.419 e. The molecule has 1 saturated heterocycles. The number of hydrazine groups is 1. The highest BCUT2D eigenvalue weighted by Gasteiger charge is 2.36. The lowest BCUT2D eigenvalue weighted by atomic mass is 10.00. The Bertz CT molecular complexity index is 496. The number of benzene rings is 1. The van der Waals surface area contributed by atoms with Gasteiger partial charge in [-0.3, -0.25) is 11.3 Å². The highest BCUT2D eigenvalue weighted by molar-refractivity contribution is 8.07. The lowest BCUT2D eigenvalue weighted by Gasteiger charge is -2.34. The first kappa shape index (κ1) is 16.9. The van der Waals surface area contributed by atoms with Crippen LogP contribution >= 0.6 is 23.5 Å². The molecule has 0 bridgehead atoms. The molecule has 1 aromatic carbocycles. The quantitative estimate of drug-likeness (QED) is 0.501. The topological polar surface area (TPSA) is 38.0 Å². The first-order chi connectivity index (χ1) is 9.84. The number of hydrogen-bond donors (Lipinski definition) is 2. The minimum atomic E-state index is -4.68. The molecule has 1 fully saturated rings. The highest BCUT2D eigenvalue weighted by atomic mass is 32.2. The summed E-state index contributed by atoms with van der Waals surface area (Å²) in [6, 6.07) is 2.62. The Kier molecular flexibility index (Phi) is 5.45. The van der Waals surface area contributed by atoms with E-state index in [-0.39, 0.29) is 16.5 Å². The lowest BCUT2D eigenvalue weighted by Crippen LogP contribution is -2.41. The smallest absolute Gasteiger partial charge is 0.271 e. The van der Waals surface area contributed by atoms with Crippen molar-refractivity contribution in [2.24, 2.45) is 5.84 Å². The summed E-state index contributed by atoms with van der Waals surface area (Å²) in [5.41, 5.74) is 1.81. The van der Waals surface area contributed by atoms with E-state index in [1.54, 1.807) is 23.5 Å². The minimum Gasteiger partial charge on any atom is -0.271 e. The van der Waals surface area contributed by atoms with E-state index in [4.69, 9.17) is 5.84 Å². The molecule has 0 amide bonds. The highest BCUT2D eigenvalue weighted by Crippen LogP contribution is 2.39. The fraction of sp³-hybridized carbons (Fsp3) is 0.538. The lowest BCUT2D eigenvalue weighted by molar-refractivity contribution is -0.140. The van der Waals surface area contributed by atoms with E-state index in [0.29, 0.717) is 5.56 Å². The third-order valence-corrected chi connectivity index (χ3v) is 6.60. The molecule has 3 unspecified atom stereocenters. The van der Waals surface area contributed by atoms with Crippen molar-refractivity contribution >= 4 is 23.5 Å². The van der Waals surface area contributed by atoms with Crippen molar-refractivity contribution in [2.45, 2.75) is 29.6 Å². The molecular weight excluding hydrogens is 324 g/mol. The second-order valence-corrected chi connectivity index (χ2v) is 7.56. The van der Waals surface area contributed by atoms with Gasteiger partial charge in [0.25, 0.3) is 0 Å². The van der Waals surface area contributed by atoms with Crippen molar-refractivity contribution < 1.29 is 17.6 Å². The van der Waals surface area contributed by atoms with Gasteiger partial charge in [-0.05, 0) is 17.7 Å². The summed E-state index contributed by atoms with van der Waals surface area (Å²) in [7, 11) is 0. The van der Waals surface area contributed by atoms with E-state index in [9.17, 15) is 17.6 Å². The fourth-order valence-corrected chi connectivity index (χ4v) is 5.28. The maximum absolute atomic E-state index is 13.7. The minimum absolute atomic E-state index is 0.0879. The third-order valence-electron chi connectivity index (χ3n) is 3.40. The van der Waals surface area contributed by atoms with Gasteiger partial charge in [0.1, 0.15) is 5.82 Å². The molecule has 21 heavy (non-hydrogen) atoms. The number of halogens is 4. The van der Waals surface area contributed by atoms with Crippen molar-refractivity contribution in [3.05, 3.63) is 35.1 Å². The first-order valence-electron chi connectivity index (χ1n) is 6.40. The zero-order chi connectivity index (χ0) is 15.6. The van der Waals surface area contributed by atoms with Crippen LogP contribution in [0.3, 0.4) is 0 Å². The summed E-state index contributed by atoms with van der Waals surface area (Å²) < 4.78 is 51.5. The van der Waals surface area contributed by atoms with Gasteiger partial charge in [0.2, 0.25) is 0 Å². The third kappa shape index (κ3) is 3.85. The predicted molar refractivity (Wildman–Crippen MR) is 79.6 cm³/mol. The Morgan fingerprint density at radius 3 is 2.48 bits per heavy atom. The van der Waals surface area contributed by atoms with Crippen LogP contribution in [0.1, 0.15) is 24.1 Å². The normalized spacial score (nSPS) is 24.9. The molecule has 2 rings (SSSR count). The summed E-state index contributed by atoms with van der Waals surface area (Å²) in [4.78, 5) is 0. The van der Waals surface area contributed by atoms with E-state index >= 15 is 0 Å². The van der Waals surface area contributed by atoms with Gasteiger partial charge >= 0.3 is 6.18 Å². The standard InChI is InChI=1S/C13H16F4N2S2/c1-7-12(21-5-4-20-7)11(19-18)8-2-3-9(10(14)6-8)13(15,16)17/h2-3,6-7,11-12,19H,4-5,18H2,1H3.